The molecule has 4 aromatic rings. The van der Waals surface area contributed by atoms with Crippen molar-refractivity contribution in [3.63, 3.8) is 0 Å². The molecule has 2 aromatic heterocycles. The van der Waals surface area contributed by atoms with Crippen LogP contribution in [0.2, 0.25) is 0 Å². The van der Waals surface area contributed by atoms with Crippen LogP contribution in [0.25, 0.3) is 20.9 Å². The van der Waals surface area contributed by atoms with Gasteiger partial charge in [0.2, 0.25) is 0 Å². The monoisotopic (exact) mass is 468 g/mol. The topological polar surface area (TPSA) is 25.8 Å². The van der Waals surface area contributed by atoms with Crippen molar-refractivity contribution in [2.45, 2.75) is 34.1 Å². The number of rotatable bonds is 4. The average Bonchev–Trinajstić information content (AvgIpc) is 3.17. The molecule has 28 heavy (non-hydrogen) atoms. The van der Waals surface area contributed by atoms with Gasteiger partial charge in [-0.25, -0.2) is 9.97 Å². The van der Waals surface area contributed by atoms with E-state index < -0.39 is 0 Å². The Bertz CT molecular complexity index is 1140. The van der Waals surface area contributed by atoms with Crippen molar-refractivity contribution >= 4 is 38.6 Å². The lowest BCUT2D eigenvalue weighted by Crippen LogP contribution is -1.92. The van der Waals surface area contributed by atoms with Gasteiger partial charge in [0.25, 0.3) is 0 Å². The zero-order chi connectivity index (χ0) is 19.8. The quantitative estimate of drug-likeness (QED) is 0.309. The fourth-order valence-corrected chi connectivity index (χ4v) is 5.86. The molecule has 2 aromatic carbocycles. The highest BCUT2D eigenvalue weighted by atomic mass is 79.9. The SMILES string of the molecule is Cc1ccc(-c2sc(Cc3cc(Br)ccc3-c3sc(C)nc3C)nc2C)cc1. The van der Waals surface area contributed by atoms with Gasteiger partial charge in [-0.15, -0.1) is 22.7 Å². The molecule has 0 bridgehead atoms. The second-order valence-electron chi connectivity index (χ2n) is 7.01. The van der Waals surface area contributed by atoms with Crippen molar-refractivity contribution in [1.29, 1.82) is 0 Å². The molecule has 0 saturated carbocycles. The Morgan fingerprint density at radius 3 is 2.21 bits per heavy atom. The van der Waals surface area contributed by atoms with E-state index in [1.807, 2.05) is 0 Å². The maximum Gasteiger partial charge on any atom is 0.0978 e. The molecule has 142 valence electrons. The molecule has 0 atom stereocenters. The first kappa shape index (κ1) is 19.5. The van der Waals surface area contributed by atoms with Gasteiger partial charge in [0, 0.05) is 10.9 Å². The number of hydrogen-bond acceptors (Lipinski definition) is 4. The molecule has 0 amide bonds. The highest BCUT2D eigenvalue weighted by Gasteiger charge is 2.16. The summed E-state index contributed by atoms with van der Waals surface area (Å²) in [4.78, 5) is 12.0. The lowest BCUT2D eigenvalue weighted by atomic mass is 10.0. The zero-order valence-corrected chi connectivity index (χ0v) is 19.6. The van der Waals surface area contributed by atoms with Gasteiger partial charge >= 0.3 is 0 Å². The Morgan fingerprint density at radius 1 is 0.821 bits per heavy atom. The van der Waals surface area contributed by atoms with E-state index in [9.17, 15) is 0 Å². The van der Waals surface area contributed by atoms with Crippen LogP contribution in [-0.4, -0.2) is 9.97 Å². The third kappa shape index (κ3) is 3.97. The highest BCUT2D eigenvalue weighted by Crippen LogP contribution is 2.37. The molecular formula is C23H21BrN2S2. The number of halogens is 1. The molecule has 2 nitrogen and oxygen atoms in total. The van der Waals surface area contributed by atoms with Crippen LogP contribution in [-0.2, 0) is 6.42 Å². The molecule has 0 aliphatic carbocycles. The van der Waals surface area contributed by atoms with Gasteiger partial charge in [0.15, 0.2) is 0 Å². The van der Waals surface area contributed by atoms with Crippen LogP contribution in [0, 0.1) is 27.7 Å². The number of aromatic nitrogens is 2. The summed E-state index contributed by atoms with van der Waals surface area (Å²) in [5.41, 5.74) is 7.27. The predicted molar refractivity (Wildman–Crippen MR) is 125 cm³/mol. The third-order valence-corrected chi connectivity index (χ3v) is 7.52. The number of thiazole rings is 2. The molecule has 4 rings (SSSR count). The van der Waals surface area contributed by atoms with E-state index in [4.69, 9.17) is 4.98 Å². The summed E-state index contributed by atoms with van der Waals surface area (Å²) in [6.07, 6.45) is 0.822. The van der Waals surface area contributed by atoms with Gasteiger partial charge in [-0.3, -0.25) is 0 Å². The fraction of sp³-hybridized carbons (Fsp3) is 0.217. The number of nitrogens with zero attached hydrogens (tertiary/aromatic N) is 2. The van der Waals surface area contributed by atoms with Gasteiger partial charge in [0.1, 0.15) is 0 Å². The first-order valence-corrected chi connectivity index (χ1v) is 11.6. The Hall–Kier alpha value is -1.82. The third-order valence-electron chi connectivity index (χ3n) is 4.71. The largest absolute Gasteiger partial charge is 0.246 e. The normalized spacial score (nSPS) is 11.2. The zero-order valence-electron chi connectivity index (χ0n) is 16.3. The van der Waals surface area contributed by atoms with Crippen LogP contribution in [0.15, 0.2) is 46.9 Å². The summed E-state index contributed by atoms with van der Waals surface area (Å²) in [5.74, 6) is 0. The van der Waals surface area contributed by atoms with Crippen molar-refractivity contribution in [2.75, 3.05) is 0 Å². The molecule has 0 aliphatic heterocycles. The molecule has 0 N–H and O–H groups in total. The van der Waals surface area contributed by atoms with Gasteiger partial charge in [-0.2, -0.15) is 0 Å². The second-order valence-corrected chi connectivity index (χ2v) is 10.2. The molecule has 0 spiro atoms. The van der Waals surface area contributed by atoms with Crippen molar-refractivity contribution in [1.82, 2.24) is 9.97 Å². The van der Waals surface area contributed by atoms with E-state index >= 15 is 0 Å². The minimum absolute atomic E-state index is 0.822. The number of hydrogen-bond donors (Lipinski definition) is 0. The van der Waals surface area contributed by atoms with Crippen LogP contribution < -0.4 is 0 Å². The summed E-state index contributed by atoms with van der Waals surface area (Å²) in [7, 11) is 0. The summed E-state index contributed by atoms with van der Waals surface area (Å²) in [6.45, 7) is 8.38. The minimum Gasteiger partial charge on any atom is -0.246 e. The smallest absolute Gasteiger partial charge is 0.0978 e. The molecule has 0 fully saturated rings. The van der Waals surface area contributed by atoms with E-state index in [1.54, 1.807) is 22.7 Å². The Balaban J connectivity index is 1.72. The van der Waals surface area contributed by atoms with Gasteiger partial charge in [0.05, 0.1) is 31.2 Å². The molecule has 0 radical (unpaired) electrons. The molecule has 0 unspecified atom stereocenters. The van der Waals surface area contributed by atoms with E-state index in [-0.39, 0.29) is 0 Å². The van der Waals surface area contributed by atoms with E-state index in [0.717, 1.165) is 32.3 Å². The average molecular weight is 469 g/mol. The van der Waals surface area contributed by atoms with E-state index in [1.165, 1.54) is 32.0 Å². The molecular weight excluding hydrogens is 448 g/mol. The molecule has 2 heterocycles. The van der Waals surface area contributed by atoms with E-state index in [2.05, 4.69) is 91.1 Å². The molecule has 5 heteroatoms. The summed E-state index contributed by atoms with van der Waals surface area (Å²) >= 11 is 7.19. The summed E-state index contributed by atoms with van der Waals surface area (Å²) in [6, 6.07) is 15.2. The van der Waals surface area contributed by atoms with Gasteiger partial charge in [-0.05, 0) is 56.5 Å². The van der Waals surface area contributed by atoms with Crippen molar-refractivity contribution < 1.29 is 0 Å². The van der Waals surface area contributed by atoms with Crippen LogP contribution in [0.5, 0.6) is 0 Å². The lowest BCUT2D eigenvalue weighted by Gasteiger charge is -2.08. The van der Waals surface area contributed by atoms with E-state index in [0.29, 0.717) is 0 Å². The van der Waals surface area contributed by atoms with Gasteiger partial charge in [-0.1, -0.05) is 51.8 Å². The Morgan fingerprint density at radius 2 is 1.54 bits per heavy atom. The predicted octanol–water partition coefficient (Wildman–Crippen LogP) is 7.52. The van der Waals surface area contributed by atoms with Crippen molar-refractivity contribution in [3.8, 4) is 20.9 Å². The van der Waals surface area contributed by atoms with Crippen LogP contribution >= 0.6 is 38.6 Å². The fourth-order valence-electron chi connectivity index (χ4n) is 3.37. The van der Waals surface area contributed by atoms with Crippen LogP contribution in [0.4, 0.5) is 0 Å². The standard InChI is InChI=1S/C23H21BrN2S2/c1-13-5-7-17(8-6-13)22-14(2)26-21(28-22)12-18-11-19(24)9-10-20(18)23-15(3)25-16(4)27-23/h5-11H,12H2,1-4H3. The Labute approximate surface area is 182 Å². The van der Waals surface area contributed by atoms with Crippen LogP contribution in [0.1, 0.15) is 32.5 Å². The van der Waals surface area contributed by atoms with Crippen molar-refractivity contribution in [2.24, 2.45) is 0 Å². The number of benzene rings is 2. The Kier molecular flexibility index (Phi) is 5.50. The number of aryl methyl sites for hydroxylation is 4. The van der Waals surface area contributed by atoms with Gasteiger partial charge < -0.3 is 0 Å². The molecule has 0 saturated heterocycles. The van der Waals surface area contributed by atoms with Crippen molar-refractivity contribution in [3.05, 3.63) is 79.5 Å². The summed E-state index contributed by atoms with van der Waals surface area (Å²) < 4.78 is 1.09. The highest BCUT2D eigenvalue weighted by molar-refractivity contribution is 9.10. The summed E-state index contributed by atoms with van der Waals surface area (Å²) in [5, 5.41) is 2.25. The second kappa shape index (κ2) is 7.90. The maximum absolute atomic E-state index is 4.89. The molecule has 0 aliphatic rings. The lowest BCUT2D eigenvalue weighted by molar-refractivity contribution is 1.10. The minimum atomic E-state index is 0.822. The maximum atomic E-state index is 4.89. The first-order valence-electron chi connectivity index (χ1n) is 9.17. The van der Waals surface area contributed by atoms with Crippen LogP contribution in [0.3, 0.4) is 0 Å². The first-order chi connectivity index (χ1) is 13.4.